The van der Waals surface area contributed by atoms with Gasteiger partial charge in [-0.2, -0.15) is 0 Å². The Morgan fingerprint density at radius 1 is 1.40 bits per heavy atom. The van der Waals surface area contributed by atoms with Crippen molar-refractivity contribution in [2.45, 2.75) is 13.3 Å². The van der Waals surface area contributed by atoms with Gasteiger partial charge in [0.1, 0.15) is 0 Å². The molecule has 0 aliphatic carbocycles. The van der Waals surface area contributed by atoms with Gasteiger partial charge in [0.05, 0.1) is 12.9 Å². The first-order chi connectivity index (χ1) is 9.70. The van der Waals surface area contributed by atoms with E-state index in [2.05, 4.69) is 17.2 Å². The van der Waals surface area contributed by atoms with Crippen LogP contribution < -0.4 is 5.32 Å². The molecule has 1 aromatic heterocycles. The number of benzene rings is 1. The molecule has 2 rings (SSSR count). The Kier molecular flexibility index (Phi) is 4.59. The Morgan fingerprint density at radius 3 is 2.95 bits per heavy atom. The van der Waals surface area contributed by atoms with Gasteiger partial charge in [0.15, 0.2) is 5.76 Å². The summed E-state index contributed by atoms with van der Waals surface area (Å²) in [5, 5.41) is 11.5. The van der Waals surface area contributed by atoms with Gasteiger partial charge in [-0.05, 0) is 36.8 Å². The molecular weight excluding hydrogens is 254 g/mol. The number of amides is 1. The summed E-state index contributed by atoms with van der Waals surface area (Å²) < 4.78 is 5.05. The number of hydrogen-bond acceptors (Lipinski definition) is 3. The summed E-state index contributed by atoms with van der Waals surface area (Å²) in [5.41, 5.74) is 2.43. The quantitative estimate of drug-likeness (QED) is 0.842. The molecule has 0 saturated carbocycles. The predicted octanol–water partition coefficient (Wildman–Crippen LogP) is 2.57. The highest BCUT2D eigenvalue weighted by Crippen LogP contribution is 2.17. The standard InChI is InChI=1S/C16H15NO3/c1-12-7-8-13(5-2-3-9-18)11-14(12)17-16(19)15-6-4-10-20-15/h4,6-8,10-11,18H,3,9H2,1H3,(H,17,19). The Labute approximate surface area is 117 Å². The van der Waals surface area contributed by atoms with E-state index in [1.807, 2.05) is 19.1 Å². The SMILES string of the molecule is Cc1ccc(C#CCCO)cc1NC(=O)c1ccco1. The first-order valence-electron chi connectivity index (χ1n) is 6.26. The van der Waals surface area contributed by atoms with E-state index in [1.165, 1.54) is 6.26 Å². The number of anilines is 1. The lowest BCUT2D eigenvalue weighted by molar-refractivity contribution is 0.0996. The Bertz CT molecular complexity index is 648. The fraction of sp³-hybridized carbons (Fsp3) is 0.188. The Balaban J connectivity index is 2.17. The molecule has 4 heteroatoms. The summed E-state index contributed by atoms with van der Waals surface area (Å²) in [6.45, 7) is 1.95. The summed E-state index contributed by atoms with van der Waals surface area (Å²) in [7, 11) is 0. The van der Waals surface area contributed by atoms with Crippen molar-refractivity contribution in [2.24, 2.45) is 0 Å². The van der Waals surface area contributed by atoms with Crippen LogP contribution in [0.5, 0.6) is 0 Å². The Morgan fingerprint density at radius 2 is 2.25 bits per heavy atom. The lowest BCUT2D eigenvalue weighted by Crippen LogP contribution is -2.11. The number of carbonyl (C=O) groups is 1. The number of furan rings is 1. The van der Waals surface area contributed by atoms with Gasteiger partial charge in [0.2, 0.25) is 0 Å². The third kappa shape index (κ3) is 3.50. The minimum atomic E-state index is -0.293. The highest BCUT2D eigenvalue weighted by molar-refractivity contribution is 6.02. The molecule has 0 bridgehead atoms. The maximum absolute atomic E-state index is 11.9. The molecule has 4 nitrogen and oxygen atoms in total. The number of nitrogens with one attached hydrogen (secondary N) is 1. The third-order valence-electron chi connectivity index (χ3n) is 2.70. The van der Waals surface area contributed by atoms with E-state index in [9.17, 15) is 4.79 Å². The van der Waals surface area contributed by atoms with E-state index in [1.54, 1.807) is 18.2 Å². The first-order valence-corrected chi connectivity index (χ1v) is 6.26. The average Bonchev–Trinajstić information content (AvgIpc) is 2.97. The molecule has 0 saturated heterocycles. The minimum absolute atomic E-state index is 0.0426. The lowest BCUT2D eigenvalue weighted by Gasteiger charge is -2.07. The van der Waals surface area contributed by atoms with Gasteiger partial charge in [0.25, 0.3) is 5.91 Å². The highest BCUT2D eigenvalue weighted by Gasteiger charge is 2.10. The van der Waals surface area contributed by atoms with Gasteiger partial charge < -0.3 is 14.8 Å². The van der Waals surface area contributed by atoms with E-state index in [0.29, 0.717) is 12.1 Å². The first kappa shape index (κ1) is 13.9. The predicted molar refractivity (Wildman–Crippen MR) is 76.4 cm³/mol. The number of aliphatic hydroxyl groups excluding tert-OH is 1. The molecule has 102 valence electrons. The lowest BCUT2D eigenvalue weighted by atomic mass is 10.1. The van der Waals surface area contributed by atoms with E-state index in [-0.39, 0.29) is 18.3 Å². The van der Waals surface area contributed by atoms with Gasteiger partial charge >= 0.3 is 0 Å². The number of aliphatic hydroxyl groups is 1. The van der Waals surface area contributed by atoms with Crippen LogP contribution in [0.15, 0.2) is 41.0 Å². The summed E-state index contributed by atoms with van der Waals surface area (Å²) in [6.07, 6.45) is 1.89. The van der Waals surface area contributed by atoms with Crippen molar-refractivity contribution in [3.63, 3.8) is 0 Å². The zero-order valence-corrected chi connectivity index (χ0v) is 11.1. The van der Waals surface area contributed by atoms with Crippen molar-refractivity contribution in [1.82, 2.24) is 0 Å². The van der Waals surface area contributed by atoms with Gasteiger partial charge in [-0.3, -0.25) is 4.79 Å². The molecule has 0 aliphatic rings. The van der Waals surface area contributed by atoms with Gasteiger partial charge in [0, 0.05) is 17.7 Å². The molecule has 0 unspecified atom stereocenters. The summed E-state index contributed by atoms with van der Waals surface area (Å²) in [4.78, 5) is 11.9. The van der Waals surface area contributed by atoms with Crippen molar-refractivity contribution in [3.8, 4) is 11.8 Å². The van der Waals surface area contributed by atoms with Gasteiger partial charge in [-0.25, -0.2) is 0 Å². The maximum Gasteiger partial charge on any atom is 0.291 e. The normalized spacial score (nSPS) is 9.70. The van der Waals surface area contributed by atoms with Crippen molar-refractivity contribution in [1.29, 1.82) is 0 Å². The zero-order chi connectivity index (χ0) is 14.4. The number of carbonyl (C=O) groups excluding carboxylic acids is 1. The van der Waals surface area contributed by atoms with E-state index in [0.717, 1.165) is 11.1 Å². The van der Waals surface area contributed by atoms with Crippen molar-refractivity contribution in [3.05, 3.63) is 53.5 Å². The molecule has 0 atom stereocenters. The molecule has 0 aliphatic heterocycles. The largest absolute Gasteiger partial charge is 0.459 e. The smallest absolute Gasteiger partial charge is 0.291 e. The van der Waals surface area contributed by atoms with Gasteiger partial charge in [-0.15, -0.1) is 0 Å². The third-order valence-corrected chi connectivity index (χ3v) is 2.70. The molecule has 2 aromatic rings. The summed E-state index contributed by atoms with van der Waals surface area (Å²) >= 11 is 0. The second kappa shape index (κ2) is 6.60. The van der Waals surface area contributed by atoms with E-state index < -0.39 is 0 Å². The van der Waals surface area contributed by atoms with Crippen LogP contribution in [0, 0.1) is 18.8 Å². The van der Waals surface area contributed by atoms with E-state index in [4.69, 9.17) is 9.52 Å². The molecule has 20 heavy (non-hydrogen) atoms. The summed E-state index contributed by atoms with van der Waals surface area (Å²) in [5.74, 6) is 5.76. The molecule has 0 spiro atoms. The Hall–Kier alpha value is -2.51. The monoisotopic (exact) mass is 269 g/mol. The molecule has 0 radical (unpaired) electrons. The van der Waals surface area contributed by atoms with Gasteiger partial charge in [-0.1, -0.05) is 17.9 Å². The maximum atomic E-state index is 11.9. The fourth-order valence-corrected chi connectivity index (χ4v) is 1.65. The number of rotatable bonds is 3. The van der Waals surface area contributed by atoms with Crippen LogP contribution >= 0.6 is 0 Å². The molecule has 1 aromatic carbocycles. The fourth-order valence-electron chi connectivity index (χ4n) is 1.65. The van der Waals surface area contributed by atoms with Crippen molar-refractivity contribution < 1.29 is 14.3 Å². The highest BCUT2D eigenvalue weighted by atomic mass is 16.3. The molecule has 1 heterocycles. The average molecular weight is 269 g/mol. The molecule has 1 amide bonds. The van der Waals surface area contributed by atoms with Crippen LogP contribution in [-0.4, -0.2) is 17.6 Å². The number of hydrogen-bond donors (Lipinski definition) is 2. The van der Waals surface area contributed by atoms with Crippen LogP contribution in [0.25, 0.3) is 0 Å². The summed E-state index contributed by atoms with van der Waals surface area (Å²) in [6, 6.07) is 8.84. The van der Waals surface area contributed by atoms with Crippen LogP contribution in [0.2, 0.25) is 0 Å². The second-order valence-corrected chi connectivity index (χ2v) is 4.24. The number of aryl methyl sites for hydroxylation is 1. The van der Waals surface area contributed by atoms with Crippen molar-refractivity contribution in [2.75, 3.05) is 11.9 Å². The van der Waals surface area contributed by atoms with Crippen LogP contribution in [0.3, 0.4) is 0 Å². The van der Waals surface area contributed by atoms with Crippen LogP contribution in [0.1, 0.15) is 28.1 Å². The van der Waals surface area contributed by atoms with Crippen LogP contribution in [0.4, 0.5) is 5.69 Å². The van der Waals surface area contributed by atoms with Crippen LogP contribution in [-0.2, 0) is 0 Å². The minimum Gasteiger partial charge on any atom is -0.459 e. The topological polar surface area (TPSA) is 62.5 Å². The second-order valence-electron chi connectivity index (χ2n) is 4.24. The zero-order valence-electron chi connectivity index (χ0n) is 11.1. The van der Waals surface area contributed by atoms with E-state index >= 15 is 0 Å². The van der Waals surface area contributed by atoms with Crippen molar-refractivity contribution >= 4 is 11.6 Å². The molecule has 0 fully saturated rings. The molecule has 2 N–H and O–H groups in total. The molecular formula is C16H15NO3.